The van der Waals surface area contributed by atoms with Crippen LogP contribution in [0, 0.1) is 24.7 Å². The molecule has 2 spiro atoms. The van der Waals surface area contributed by atoms with Crippen molar-refractivity contribution in [3.63, 3.8) is 0 Å². The average Bonchev–Trinajstić information content (AvgIpc) is 1.45. The smallest absolute Gasteiger partial charge is 0.348 e. The number of hydrogen-bond donors (Lipinski definition) is 3. The van der Waals surface area contributed by atoms with E-state index < -0.39 is 0 Å². The monoisotopic (exact) mass is 1320 g/mol. The van der Waals surface area contributed by atoms with Crippen LogP contribution in [0.15, 0.2) is 134 Å². The van der Waals surface area contributed by atoms with Crippen molar-refractivity contribution in [2.75, 3.05) is 104 Å². The topological polar surface area (TPSA) is 211 Å². The quantitative estimate of drug-likeness (QED) is 0.0813. The molecule has 4 amide bonds. The fraction of sp³-hybridized carbons (Fsp3) is 0.342. The minimum absolute atomic E-state index is 0. The Hall–Kier alpha value is -8.63. The van der Waals surface area contributed by atoms with Crippen molar-refractivity contribution in [1.29, 1.82) is 0 Å². The van der Waals surface area contributed by atoms with E-state index in [1.165, 1.54) is 48.6 Å². The molecular formula is C73H77ClN8O10S2. The van der Waals surface area contributed by atoms with Crippen molar-refractivity contribution in [3.05, 3.63) is 193 Å². The summed E-state index contributed by atoms with van der Waals surface area (Å²) in [7, 11) is 0. The molecule has 94 heavy (non-hydrogen) atoms. The van der Waals surface area contributed by atoms with E-state index in [9.17, 15) is 28.8 Å². The Labute approximate surface area is 561 Å². The number of para-hydroxylation sites is 2. The Morgan fingerprint density at radius 1 is 0.585 bits per heavy atom. The third-order valence-corrected chi connectivity index (χ3v) is 20.5. The highest BCUT2D eigenvalue weighted by Crippen LogP contribution is 2.45. The zero-order valence-corrected chi connectivity index (χ0v) is 54.8. The summed E-state index contributed by atoms with van der Waals surface area (Å²) in [6.45, 7) is 16.7. The molecule has 6 aliphatic heterocycles. The molecule has 4 fully saturated rings. The van der Waals surface area contributed by atoms with Crippen LogP contribution in [0.4, 0.5) is 28.6 Å². The second-order valence-corrected chi connectivity index (χ2v) is 26.8. The number of aromatic nitrogens is 2. The van der Waals surface area contributed by atoms with Gasteiger partial charge in [-0.05, 0) is 179 Å². The zero-order chi connectivity index (χ0) is 64.8. The molecule has 0 atom stereocenters. The van der Waals surface area contributed by atoms with Crippen LogP contribution >= 0.6 is 34.3 Å². The number of esters is 2. The van der Waals surface area contributed by atoms with Crippen molar-refractivity contribution in [2.45, 2.75) is 73.6 Å². The van der Waals surface area contributed by atoms with Crippen LogP contribution in [0.1, 0.15) is 130 Å². The number of thiophene rings is 2. The number of rotatable bonds is 11. The first kappa shape index (κ1) is 66.8. The molecule has 488 valence electrons. The Morgan fingerprint density at radius 3 is 1.47 bits per heavy atom. The van der Waals surface area contributed by atoms with Gasteiger partial charge in [0.05, 0.1) is 35.7 Å². The van der Waals surface area contributed by atoms with E-state index in [1.807, 2.05) is 80.6 Å². The maximum absolute atomic E-state index is 13.9. The van der Waals surface area contributed by atoms with Crippen LogP contribution < -0.4 is 30.7 Å². The normalized spacial score (nSPS) is 16.1. The SMILES string of the molecule is C.C1CC2(CCO1)CNC2.CCOC(=O)c1cc2c(s1)-c1ccccc1N(C(=O)c1ccc(NC(=O)c3cc(C)cnc3Cl)cc1)CC2.CCOC(=O)c1cc2c(s1)-c1ccccc1N(C(=O)c1ccc(NC(=O)c3cc(C)cnc3N3CC4(CCOCC4)C3)cc1)CC2. The van der Waals surface area contributed by atoms with Crippen LogP contribution in [0.2, 0.25) is 5.15 Å². The predicted molar refractivity (Wildman–Crippen MR) is 371 cm³/mol. The molecule has 4 saturated heterocycles. The first-order valence-electron chi connectivity index (χ1n) is 31.6. The van der Waals surface area contributed by atoms with Crippen LogP contribution in [0.3, 0.4) is 0 Å². The number of nitrogens with zero attached hydrogens (tertiary/aromatic N) is 5. The van der Waals surface area contributed by atoms with Crippen molar-refractivity contribution in [3.8, 4) is 20.9 Å². The molecule has 14 rings (SSSR count). The molecule has 0 radical (unpaired) electrons. The number of anilines is 5. The highest BCUT2D eigenvalue weighted by molar-refractivity contribution is 7.18. The van der Waals surface area contributed by atoms with E-state index in [1.54, 1.807) is 90.6 Å². The van der Waals surface area contributed by atoms with Crippen molar-refractivity contribution < 1.29 is 47.7 Å². The fourth-order valence-corrected chi connectivity index (χ4v) is 15.1. The van der Waals surface area contributed by atoms with Gasteiger partial charge in [-0.15, -0.1) is 22.7 Å². The standard InChI is InChI=1S/C36H36N4O5S.C29H24ClN3O4S.C7H13NO.CH4/c1-3-45-35(43)30-19-25-12-15-40(29-7-5-4-6-27(29)31(25)46-30)34(42)24-8-10-26(11-9-24)38-33(41)28-18-23(2)20-37-32(28)39-21-36(22-39)13-16-44-17-14-36;1-3-37-29(36)24-15-19-12-13-33(23-7-5-4-6-21(23)25(19)38-24)28(35)18-8-10-20(11-9-18)32-27(34)22-14-17(2)16-31-26(22)30;1-3-9-4-2-7(1)5-8-6-7;/h4-11,18-20H,3,12-17,21-22H2,1-2H3,(H,38,41);4-11,14-16H,3,12-13H2,1-2H3,(H,32,34);8H,1-6H2;1H4. The highest BCUT2D eigenvalue weighted by Gasteiger charge is 2.45. The Kier molecular flexibility index (Phi) is 20.9. The third kappa shape index (κ3) is 14.5. The molecule has 0 saturated carbocycles. The molecule has 0 bridgehead atoms. The van der Waals surface area contributed by atoms with Gasteiger partial charge in [0, 0.05) is 127 Å². The second-order valence-electron chi connectivity index (χ2n) is 24.3. The summed E-state index contributed by atoms with van der Waals surface area (Å²) in [5.74, 6) is -0.832. The van der Waals surface area contributed by atoms with Gasteiger partial charge in [0.2, 0.25) is 0 Å². The third-order valence-electron chi connectivity index (χ3n) is 17.9. The lowest BCUT2D eigenvalue weighted by molar-refractivity contribution is -0.0130. The van der Waals surface area contributed by atoms with Gasteiger partial charge in [-0.2, -0.15) is 0 Å². The van der Waals surface area contributed by atoms with Gasteiger partial charge in [0.25, 0.3) is 23.6 Å². The maximum atomic E-state index is 13.9. The fourth-order valence-electron chi connectivity index (χ4n) is 12.7. The summed E-state index contributed by atoms with van der Waals surface area (Å²) in [6.07, 6.45) is 9.25. The molecule has 10 heterocycles. The number of aryl methyl sites for hydroxylation is 2. The van der Waals surface area contributed by atoms with E-state index in [0.717, 1.165) is 107 Å². The van der Waals surface area contributed by atoms with Crippen LogP contribution in [0.5, 0.6) is 0 Å². The molecule has 6 aliphatic rings. The van der Waals surface area contributed by atoms with E-state index in [-0.39, 0.29) is 59.1 Å². The molecule has 4 aromatic carbocycles. The largest absolute Gasteiger partial charge is 0.462 e. The number of carbonyl (C=O) groups excluding carboxylic acids is 6. The summed E-state index contributed by atoms with van der Waals surface area (Å²) >= 11 is 8.88. The number of pyridine rings is 2. The molecule has 3 N–H and O–H groups in total. The van der Waals surface area contributed by atoms with Crippen LogP contribution in [-0.2, 0) is 31.8 Å². The van der Waals surface area contributed by atoms with Crippen molar-refractivity contribution in [2.24, 2.45) is 10.8 Å². The lowest BCUT2D eigenvalue weighted by Crippen LogP contribution is -2.59. The number of amides is 4. The Bertz CT molecular complexity index is 4110. The van der Waals surface area contributed by atoms with Gasteiger partial charge in [0.1, 0.15) is 20.7 Å². The number of ether oxygens (including phenoxy) is 4. The molecule has 0 unspecified atom stereocenters. The van der Waals surface area contributed by atoms with Crippen LogP contribution in [0.25, 0.3) is 20.9 Å². The van der Waals surface area contributed by atoms with E-state index in [2.05, 4.69) is 30.8 Å². The second kappa shape index (κ2) is 29.3. The minimum atomic E-state index is -0.375. The number of hydrogen-bond acceptors (Lipinski definition) is 16. The molecular weight excluding hydrogens is 1250 g/mol. The van der Waals surface area contributed by atoms with Gasteiger partial charge >= 0.3 is 11.9 Å². The summed E-state index contributed by atoms with van der Waals surface area (Å²) < 4.78 is 21.2. The maximum Gasteiger partial charge on any atom is 0.348 e. The minimum Gasteiger partial charge on any atom is -0.462 e. The lowest BCUT2D eigenvalue weighted by Gasteiger charge is -2.53. The summed E-state index contributed by atoms with van der Waals surface area (Å²) in [5, 5.41) is 9.26. The number of fused-ring (bicyclic) bond motifs is 6. The van der Waals surface area contributed by atoms with Crippen molar-refractivity contribution in [1.82, 2.24) is 15.3 Å². The van der Waals surface area contributed by atoms with Gasteiger partial charge < -0.3 is 49.6 Å². The van der Waals surface area contributed by atoms with E-state index >= 15 is 0 Å². The van der Waals surface area contributed by atoms with E-state index in [4.69, 9.17) is 30.5 Å². The predicted octanol–water partition coefficient (Wildman–Crippen LogP) is 13.8. The first-order valence-corrected chi connectivity index (χ1v) is 33.6. The summed E-state index contributed by atoms with van der Waals surface area (Å²) in [5.41, 5.74) is 11.1. The zero-order valence-electron chi connectivity index (χ0n) is 52.4. The molecule has 0 aliphatic carbocycles. The van der Waals surface area contributed by atoms with Gasteiger partial charge in [-0.25, -0.2) is 19.6 Å². The number of carbonyl (C=O) groups is 6. The Morgan fingerprint density at radius 2 is 1.02 bits per heavy atom. The van der Waals surface area contributed by atoms with Gasteiger partial charge in [-0.1, -0.05) is 55.4 Å². The number of nitrogens with one attached hydrogen (secondary N) is 3. The summed E-state index contributed by atoms with van der Waals surface area (Å²) in [6, 6.07) is 36.6. The van der Waals surface area contributed by atoms with Gasteiger partial charge in [-0.3, -0.25) is 19.2 Å². The first-order chi connectivity index (χ1) is 45.1. The van der Waals surface area contributed by atoms with Crippen LogP contribution in [-0.4, -0.2) is 124 Å². The molecule has 8 aromatic rings. The van der Waals surface area contributed by atoms with E-state index in [0.29, 0.717) is 88.2 Å². The van der Waals surface area contributed by atoms with Crippen molar-refractivity contribution >= 4 is 98.4 Å². The highest BCUT2D eigenvalue weighted by atomic mass is 35.5. The van der Waals surface area contributed by atoms with Gasteiger partial charge in [0.15, 0.2) is 0 Å². The molecule has 4 aromatic heterocycles. The Balaban J connectivity index is 0.000000169. The summed E-state index contributed by atoms with van der Waals surface area (Å²) in [4.78, 5) is 95.9. The number of halogens is 1. The lowest BCUT2D eigenvalue weighted by atomic mass is 9.73. The average molecular weight is 1330 g/mol. The molecule has 18 nitrogen and oxygen atoms in total. The molecule has 21 heteroatoms. The number of benzene rings is 4.